The fourth-order valence-corrected chi connectivity index (χ4v) is 3.82. The van der Waals surface area contributed by atoms with Gasteiger partial charge in [0.2, 0.25) is 15.9 Å². The van der Waals surface area contributed by atoms with Gasteiger partial charge in [-0.15, -0.1) is 0 Å². The van der Waals surface area contributed by atoms with E-state index in [4.69, 9.17) is 5.14 Å². The van der Waals surface area contributed by atoms with Crippen molar-refractivity contribution in [2.75, 3.05) is 16.9 Å². The van der Waals surface area contributed by atoms with Crippen LogP contribution in [0.5, 0.6) is 0 Å². The number of hydrogen-bond donors (Lipinski definition) is 3. The third-order valence-corrected chi connectivity index (χ3v) is 5.96. The van der Waals surface area contributed by atoms with Crippen molar-refractivity contribution in [1.82, 2.24) is 0 Å². The second-order valence-electron chi connectivity index (χ2n) is 6.67. The van der Waals surface area contributed by atoms with E-state index < -0.39 is 19.9 Å². The topological polar surface area (TPSA) is 135 Å². The highest BCUT2D eigenvalue weighted by Crippen LogP contribution is 2.25. The van der Waals surface area contributed by atoms with Crippen molar-refractivity contribution in [2.45, 2.75) is 30.2 Å². The SMILES string of the molecule is CC(C)C(=O)Nc1ccc(CNc2ccc(S(N)(=O)=O)cc2S(C)(=O)=O)cc1. The summed E-state index contributed by atoms with van der Waals surface area (Å²) < 4.78 is 47.0. The molecule has 0 fully saturated rings. The summed E-state index contributed by atoms with van der Waals surface area (Å²) in [6.07, 6.45) is 0.993. The van der Waals surface area contributed by atoms with Gasteiger partial charge < -0.3 is 10.6 Å². The number of carbonyl (C=O) groups excluding carboxylic acids is 1. The summed E-state index contributed by atoms with van der Waals surface area (Å²) in [5.41, 5.74) is 1.78. The number of carbonyl (C=O) groups is 1. The lowest BCUT2D eigenvalue weighted by Gasteiger charge is -2.13. The normalized spacial score (nSPS) is 12.0. The van der Waals surface area contributed by atoms with Crippen LogP contribution in [0, 0.1) is 5.92 Å². The van der Waals surface area contributed by atoms with Gasteiger partial charge in [0.1, 0.15) is 0 Å². The number of sulfonamides is 1. The lowest BCUT2D eigenvalue weighted by molar-refractivity contribution is -0.118. The highest BCUT2D eigenvalue weighted by atomic mass is 32.2. The van der Waals surface area contributed by atoms with E-state index in [1.165, 1.54) is 12.1 Å². The summed E-state index contributed by atoms with van der Waals surface area (Å²) >= 11 is 0. The van der Waals surface area contributed by atoms with Crippen LogP contribution in [0.25, 0.3) is 0 Å². The van der Waals surface area contributed by atoms with Crippen LogP contribution in [0.15, 0.2) is 52.3 Å². The molecular weight excluding hydrogens is 402 g/mol. The molecule has 1 amide bonds. The van der Waals surface area contributed by atoms with E-state index in [-0.39, 0.29) is 27.3 Å². The molecule has 0 aromatic heterocycles. The predicted octanol–water partition coefficient (Wildman–Crippen LogP) is 1.94. The van der Waals surface area contributed by atoms with Crippen molar-refractivity contribution in [3.63, 3.8) is 0 Å². The monoisotopic (exact) mass is 425 g/mol. The Labute approximate surface area is 165 Å². The molecule has 0 saturated heterocycles. The van der Waals surface area contributed by atoms with E-state index >= 15 is 0 Å². The summed E-state index contributed by atoms with van der Waals surface area (Å²) in [7, 11) is -7.70. The zero-order chi connectivity index (χ0) is 21.1. The number of amides is 1. The average molecular weight is 426 g/mol. The van der Waals surface area contributed by atoms with Crippen molar-refractivity contribution in [3.05, 3.63) is 48.0 Å². The average Bonchev–Trinajstić information content (AvgIpc) is 2.59. The van der Waals surface area contributed by atoms with Crippen molar-refractivity contribution in [2.24, 2.45) is 11.1 Å². The first-order valence-electron chi connectivity index (χ1n) is 8.38. The summed E-state index contributed by atoms with van der Waals surface area (Å²) in [5, 5.41) is 10.9. The molecule has 0 bridgehead atoms. The molecule has 152 valence electrons. The number of hydrogen-bond acceptors (Lipinski definition) is 6. The quantitative estimate of drug-likeness (QED) is 0.620. The summed E-state index contributed by atoms with van der Waals surface area (Å²) in [4.78, 5) is 11.3. The van der Waals surface area contributed by atoms with E-state index in [9.17, 15) is 21.6 Å². The first-order chi connectivity index (χ1) is 12.9. The van der Waals surface area contributed by atoms with Gasteiger partial charge in [-0.1, -0.05) is 26.0 Å². The van der Waals surface area contributed by atoms with Gasteiger partial charge in [-0.3, -0.25) is 4.79 Å². The van der Waals surface area contributed by atoms with Crippen LogP contribution in [-0.2, 0) is 31.2 Å². The number of primary sulfonamides is 1. The number of nitrogens with one attached hydrogen (secondary N) is 2. The van der Waals surface area contributed by atoms with Gasteiger partial charge in [-0.25, -0.2) is 22.0 Å². The molecule has 0 unspecified atom stereocenters. The first kappa shape index (κ1) is 21.9. The minimum Gasteiger partial charge on any atom is -0.380 e. The molecule has 28 heavy (non-hydrogen) atoms. The second-order valence-corrected chi connectivity index (χ2v) is 10.2. The van der Waals surface area contributed by atoms with Crippen LogP contribution in [0.1, 0.15) is 19.4 Å². The molecule has 2 rings (SSSR count). The summed E-state index contributed by atoms with van der Waals surface area (Å²) in [6.45, 7) is 3.90. The van der Waals surface area contributed by atoms with Gasteiger partial charge in [0.05, 0.1) is 15.5 Å². The van der Waals surface area contributed by atoms with Crippen molar-refractivity contribution >= 4 is 37.1 Å². The maximum atomic E-state index is 12.0. The molecule has 0 heterocycles. The minimum absolute atomic E-state index is 0.0846. The van der Waals surface area contributed by atoms with E-state index in [1.54, 1.807) is 38.1 Å². The van der Waals surface area contributed by atoms with E-state index in [2.05, 4.69) is 10.6 Å². The third-order valence-electron chi connectivity index (χ3n) is 3.91. The molecule has 0 saturated carbocycles. The molecule has 0 aliphatic heterocycles. The first-order valence-corrected chi connectivity index (χ1v) is 11.8. The van der Waals surface area contributed by atoms with Crippen LogP contribution in [0.4, 0.5) is 11.4 Å². The van der Waals surface area contributed by atoms with Crippen LogP contribution in [0.3, 0.4) is 0 Å². The number of nitrogens with two attached hydrogens (primary N) is 1. The molecule has 0 atom stereocenters. The maximum Gasteiger partial charge on any atom is 0.238 e. The van der Waals surface area contributed by atoms with E-state index in [0.29, 0.717) is 12.2 Å². The third kappa shape index (κ3) is 5.78. The van der Waals surface area contributed by atoms with Crippen molar-refractivity contribution in [3.8, 4) is 0 Å². The van der Waals surface area contributed by atoms with Gasteiger partial charge in [0, 0.05) is 24.4 Å². The van der Waals surface area contributed by atoms with Crippen LogP contribution in [-0.4, -0.2) is 29.0 Å². The fraction of sp³-hybridized carbons (Fsp3) is 0.278. The summed E-state index contributed by atoms with van der Waals surface area (Å²) in [6, 6.07) is 10.7. The Kier molecular flexibility index (Phi) is 6.48. The lowest BCUT2D eigenvalue weighted by atomic mass is 10.1. The number of anilines is 2. The summed E-state index contributed by atoms with van der Waals surface area (Å²) in [5.74, 6) is -0.213. The zero-order valence-corrected chi connectivity index (χ0v) is 17.4. The van der Waals surface area contributed by atoms with E-state index in [0.717, 1.165) is 17.9 Å². The van der Waals surface area contributed by atoms with Crippen molar-refractivity contribution < 1.29 is 21.6 Å². The largest absolute Gasteiger partial charge is 0.380 e. The Bertz CT molecular complexity index is 1080. The van der Waals surface area contributed by atoms with Crippen molar-refractivity contribution in [1.29, 1.82) is 0 Å². The fourth-order valence-electron chi connectivity index (χ4n) is 2.32. The highest BCUT2D eigenvalue weighted by molar-refractivity contribution is 7.91. The van der Waals surface area contributed by atoms with Gasteiger partial charge in [0.25, 0.3) is 0 Å². The molecule has 0 aliphatic rings. The Morgan fingerprint density at radius 3 is 2.14 bits per heavy atom. The Morgan fingerprint density at radius 2 is 1.64 bits per heavy atom. The predicted molar refractivity (Wildman–Crippen MR) is 108 cm³/mol. The van der Waals surface area contributed by atoms with Crippen LogP contribution in [0.2, 0.25) is 0 Å². The van der Waals surface area contributed by atoms with Crippen LogP contribution >= 0.6 is 0 Å². The number of rotatable bonds is 7. The second kappa shape index (κ2) is 8.29. The lowest BCUT2D eigenvalue weighted by Crippen LogP contribution is -2.17. The molecule has 8 nitrogen and oxygen atoms in total. The van der Waals surface area contributed by atoms with E-state index in [1.807, 2.05) is 0 Å². The molecule has 2 aromatic rings. The van der Waals surface area contributed by atoms with Gasteiger partial charge >= 0.3 is 0 Å². The maximum absolute atomic E-state index is 12.0. The smallest absolute Gasteiger partial charge is 0.238 e. The molecule has 0 radical (unpaired) electrons. The van der Waals surface area contributed by atoms with Gasteiger partial charge in [-0.05, 0) is 35.9 Å². The molecule has 2 aromatic carbocycles. The molecule has 0 spiro atoms. The van der Waals surface area contributed by atoms with Gasteiger partial charge in [0.15, 0.2) is 9.84 Å². The molecule has 10 heteroatoms. The number of sulfone groups is 1. The molecule has 4 N–H and O–H groups in total. The van der Waals surface area contributed by atoms with Gasteiger partial charge in [-0.2, -0.15) is 0 Å². The standard InChI is InChI=1S/C18H23N3O5S2/c1-12(2)18(22)21-14-6-4-13(5-7-14)11-20-16-9-8-15(28(19,25)26)10-17(16)27(3,23)24/h4-10,12,20H,11H2,1-3H3,(H,21,22)(H2,19,25,26). The zero-order valence-electron chi connectivity index (χ0n) is 15.8. The Hall–Kier alpha value is -2.43. The molecule has 0 aliphatic carbocycles. The minimum atomic E-state index is -4.02. The Balaban J connectivity index is 2.19. The molecular formula is C18H23N3O5S2. The Morgan fingerprint density at radius 1 is 1.04 bits per heavy atom. The highest BCUT2D eigenvalue weighted by Gasteiger charge is 2.18. The number of benzene rings is 2. The van der Waals surface area contributed by atoms with Crippen LogP contribution < -0.4 is 15.8 Å².